The van der Waals surface area contributed by atoms with E-state index in [2.05, 4.69) is 93.8 Å². The molecule has 1 atom stereocenters. The van der Waals surface area contributed by atoms with Crippen molar-refractivity contribution in [3.63, 3.8) is 0 Å². The summed E-state index contributed by atoms with van der Waals surface area (Å²) in [5.74, 6) is 1.99. The largest absolute Gasteiger partial charge is 0.368 e. The van der Waals surface area contributed by atoms with Crippen molar-refractivity contribution in [1.29, 1.82) is 0 Å². The van der Waals surface area contributed by atoms with E-state index < -0.39 is 0 Å². The fourth-order valence-corrected chi connectivity index (χ4v) is 4.46. The van der Waals surface area contributed by atoms with Crippen LogP contribution in [0.2, 0.25) is 0 Å². The summed E-state index contributed by atoms with van der Waals surface area (Å²) in [4.78, 5) is 24.1. The van der Waals surface area contributed by atoms with Crippen molar-refractivity contribution in [2.75, 3.05) is 31.3 Å². The topological polar surface area (TPSA) is 106 Å². The zero-order valence-electron chi connectivity index (χ0n) is 19.7. The van der Waals surface area contributed by atoms with E-state index in [-0.39, 0.29) is 5.69 Å². The summed E-state index contributed by atoms with van der Waals surface area (Å²) in [6, 6.07) is 10.4. The zero-order chi connectivity index (χ0) is 24.4. The lowest BCUT2D eigenvalue weighted by molar-refractivity contribution is 0.243. The van der Waals surface area contributed by atoms with E-state index in [1.807, 2.05) is 30.3 Å². The van der Waals surface area contributed by atoms with E-state index in [4.69, 9.17) is 4.98 Å². The molecule has 9 nitrogen and oxygen atoms in total. The van der Waals surface area contributed by atoms with Crippen LogP contribution in [0.5, 0.6) is 0 Å². The molecular formula is C24H29IN8O. The monoisotopic (exact) mass is 572 g/mol. The summed E-state index contributed by atoms with van der Waals surface area (Å²) >= 11 is 2.29. The molecule has 4 N–H and O–H groups in total. The van der Waals surface area contributed by atoms with Gasteiger partial charge in [-0.25, -0.2) is 9.78 Å². The second kappa shape index (κ2) is 10.0. The number of nitrogens with zero attached hydrogens (tertiary/aromatic N) is 4. The van der Waals surface area contributed by atoms with Gasteiger partial charge < -0.3 is 25.5 Å². The van der Waals surface area contributed by atoms with E-state index in [1.165, 1.54) is 0 Å². The zero-order valence-corrected chi connectivity index (χ0v) is 21.8. The van der Waals surface area contributed by atoms with Crippen LogP contribution in [0.15, 0.2) is 41.3 Å². The minimum absolute atomic E-state index is 0.299. The third-order valence-electron chi connectivity index (χ3n) is 5.66. The number of imidazole rings is 1. The van der Waals surface area contributed by atoms with Gasteiger partial charge in [-0.15, -0.1) is 0 Å². The molecule has 0 amide bonds. The lowest BCUT2D eigenvalue weighted by Crippen LogP contribution is -2.39. The first kappa shape index (κ1) is 24.0. The van der Waals surface area contributed by atoms with Gasteiger partial charge in [-0.1, -0.05) is 26.5 Å². The molecule has 3 heterocycles. The highest BCUT2D eigenvalue weighted by Gasteiger charge is 2.17. The minimum Gasteiger partial charge on any atom is -0.368 e. The Morgan fingerprint density at radius 1 is 1.26 bits per heavy atom. The van der Waals surface area contributed by atoms with Crippen LogP contribution in [0.4, 0.5) is 17.3 Å². The van der Waals surface area contributed by atoms with Crippen LogP contribution in [0.1, 0.15) is 19.4 Å². The van der Waals surface area contributed by atoms with Gasteiger partial charge in [0.1, 0.15) is 11.6 Å². The fourth-order valence-electron chi connectivity index (χ4n) is 3.92. The number of halogens is 1. The lowest BCUT2D eigenvalue weighted by atomic mass is 10.0. The Morgan fingerprint density at radius 3 is 2.71 bits per heavy atom. The third kappa shape index (κ3) is 5.33. The van der Waals surface area contributed by atoms with Crippen LogP contribution in [-0.2, 0) is 0 Å². The maximum Gasteiger partial charge on any atom is 0.323 e. The highest BCUT2D eigenvalue weighted by molar-refractivity contribution is 14.1. The summed E-state index contributed by atoms with van der Waals surface area (Å²) in [5, 5.41) is 12.7. The molecule has 0 aliphatic heterocycles. The second-order valence-electron chi connectivity index (χ2n) is 8.77. The first-order valence-electron chi connectivity index (χ1n) is 11.0. The molecule has 10 heteroatoms. The maximum absolute atomic E-state index is 11.7. The van der Waals surface area contributed by atoms with E-state index in [1.54, 1.807) is 10.7 Å². The first-order chi connectivity index (χ1) is 16.2. The molecule has 3 aromatic heterocycles. The van der Waals surface area contributed by atoms with Crippen LogP contribution >= 0.6 is 22.6 Å². The predicted octanol–water partition coefficient (Wildman–Crippen LogP) is 2.33. The molecule has 1 aromatic carbocycles. The highest BCUT2D eigenvalue weighted by Crippen LogP contribution is 2.23. The number of hydrogen-bond donors (Lipinski definition) is 4. The van der Waals surface area contributed by atoms with Gasteiger partial charge >= 0.3 is 5.69 Å². The number of aromatic nitrogens is 5. The van der Waals surface area contributed by atoms with Gasteiger partial charge in [0, 0.05) is 33.5 Å². The molecule has 34 heavy (non-hydrogen) atoms. The van der Waals surface area contributed by atoms with Gasteiger partial charge in [0.05, 0.1) is 16.9 Å². The van der Waals surface area contributed by atoms with E-state index in [9.17, 15) is 4.79 Å². The van der Waals surface area contributed by atoms with Gasteiger partial charge in [0.15, 0.2) is 5.65 Å². The molecule has 0 radical (unpaired) electrons. The highest BCUT2D eigenvalue weighted by atomic mass is 127. The van der Waals surface area contributed by atoms with Crippen molar-refractivity contribution >= 4 is 58.2 Å². The third-order valence-corrected chi connectivity index (χ3v) is 6.33. The Hall–Kier alpha value is -3.12. The standard InChI is InChI=1S/C24H29IN8O/c1-14(2)20(32(4)5)13-26-22-11-21(29-18-8-6-7-17(25)10-18)31-23-16(12-27-33(22)23)9-19-15(3)28-24(34)30-19/h6-12,14,20,26H,3,13H2,1-2,4-5H3,(H,29,31)(H2,28,30,34)/b19-9-. The van der Waals surface area contributed by atoms with Crippen molar-refractivity contribution in [2.45, 2.75) is 19.9 Å². The molecule has 1 unspecified atom stereocenters. The Balaban J connectivity index is 1.80. The number of nitrogens with one attached hydrogen (secondary N) is 4. The number of likely N-dealkylation sites (N-methyl/N-ethyl adjacent to an activating group) is 1. The van der Waals surface area contributed by atoms with Crippen molar-refractivity contribution in [3.05, 3.63) is 66.8 Å². The summed E-state index contributed by atoms with van der Waals surface area (Å²) in [5.41, 5.74) is 2.07. The summed E-state index contributed by atoms with van der Waals surface area (Å²) < 4.78 is 2.91. The maximum atomic E-state index is 11.7. The average molecular weight is 572 g/mol. The molecule has 0 spiro atoms. The predicted molar refractivity (Wildman–Crippen MR) is 146 cm³/mol. The molecule has 4 aromatic rings. The Bertz CT molecular complexity index is 1460. The molecule has 178 valence electrons. The molecule has 0 bridgehead atoms. The molecular weight excluding hydrogens is 543 g/mol. The van der Waals surface area contributed by atoms with Gasteiger partial charge in [0.25, 0.3) is 0 Å². The quantitative estimate of drug-likeness (QED) is 0.242. The minimum atomic E-state index is -0.299. The summed E-state index contributed by atoms with van der Waals surface area (Å²) in [7, 11) is 4.18. The normalized spacial score (nSPS) is 13.2. The summed E-state index contributed by atoms with van der Waals surface area (Å²) in [6.45, 7) is 9.07. The number of fused-ring (bicyclic) bond motifs is 1. The first-order valence-corrected chi connectivity index (χ1v) is 12.1. The smallest absolute Gasteiger partial charge is 0.323 e. The summed E-state index contributed by atoms with van der Waals surface area (Å²) in [6.07, 6.45) is 3.56. The van der Waals surface area contributed by atoms with Crippen molar-refractivity contribution < 1.29 is 0 Å². The van der Waals surface area contributed by atoms with Gasteiger partial charge in [-0.05, 0) is 66.9 Å². The fraction of sp³-hybridized carbons (Fsp3) is 0.292. The number of aromatic amines is 2. The van der Waals surface area contributed by atoms with Crippen LogP contribution in [-0.4, -0.2) is 56.1 Å². The lowest BCUT2D eigenvalue weighted by Gasteiger charge is -2.28. The second-order valence-corrected chi connectivity index (χ2v) is 10.0. The molecule has 0 aliphatic carbocycles. The van der Waals surface area contributed by atoms with Crippen molar-refractivity contribution in [2.24, 2.45) is 5.92 Å². The number of benzene rings is 1. The SMILES string of the molecule is C=c1[nH]c(=O)[nH]/c1=C\c1cnn2c(NCC(C(C)C)N(C)C)cc(Nc3cccc(I)c3)nc12. The van der Waals surface area contributed by atoms with Crippen LogP contribution in [0, 0.1) is 9.49 Å². The van der Waals surface area contributed by atoms with Crippen molar-refractivity contribution in [1.82, 2.24) is 29.5 Å². The number of hydrogen-bond acceptors (Lipinski definition) is 6. The number of anilines is 3. The molecule has 4 rings (SSSR count). The van der Waals surface area contributed by atoms with E-state index in [0.29, 0.717) is 34.1 Å². The Morgan fingerprint density at radius 2 is 2.06 bits per heavy atom. The molecule has 0 aliphatic rings. The van der Waals surface area contributed by atoms with Crippen molar-refractivity contribution in [3.8, 4) is 0 Å². The molecule has 0 fully saturated rings. The van der Waals surface area contributed by atoms with Crippen LogP contribution in [0.3, 0.4) is 0 Å². The van der Waals surface area contributed by atoms with Gasteiger partial charge in [-0.2, -0.15) is 9.61 Å². The van der Waals surface area contributed by atoms with Gasteiger partial charge in [0.2, 0.25) is 0 Å². The Kier molecular flexibility index (Phi) is 7.08. The molecule has 0 saturated carbocycles. The average Bonchev–Trinajstić information content (AvgIpc) is 3.30. The van der Waals surface area contributed by atoms with E-state index >= 15 is 0 Å². The van der Waals surface area contributed by atoms with Crippen LogP contribution < -0.4 is 27.0 Å². The van der Waals surface area contributed by atoms with Crippen LogP contribution in [0.25, 0.3) is 18.3 Å². The molecule has 0 saturated heterocycles. The van der Waals surface area contributed by atoms with Gasteiger partial charge in [-0.3, -0.25) is 0 Å². The Labute approximate surface area is 211 Å². The number of H-pyrrole nitrogens is 2. The van der Waals surface area contributed by atoms with E-state index in [0.717, 1.165) is 27.2 Å². The number of rotatable bonds is 8.